The Kier molecular flexibility index (Phi) is 1.97. The second-order valence-corrected chi connectivity index (χ2v) is 6.98. The van der Waals surface area contributed by atoms with Gasteiger partial charge in [-0.2, -0.15) is 0 Å². The molecule has 2 aliphatic heterocycles. The van der Waals surface area contributed by atoms with Crippen molar-refractivity contribution < 1.29 is 23.8 Å². The van der Waals surface area contributed by atoms with Crippen LogP contribution in [0.3, 0.4) is 0 Å². The SMILES string of the molecule is [2H]C([2H])([2H])N1CC[C@]23c4c5ccc(OC)c4O[C@H]2[C@@H](O)C=C[C@@]3(O)[C@H]1C5. The fourth-order valence-electron chi connectivity index (χ4n) is 5.24. The summed E-state index contributed by atoms with van der Waals surface area (Å²) < 4.78 is 35.3. The van der Waals surface area contributed by atoms with Gasteiger partial charge in [-0.15, -0.1) is 0 Å². The van der Waals surface area contributed by atoms with Gasteiger partial charge in [0.15, 0.2) is 11.5 Å². The first-order chi connectivity index (χ1) is 12.2. The quantitative estimate of drug-likeness (QED) is 0.743. The van der Waals surface area contributed by atoms with Crippen LogP contribution >= 0.6 is 0 Å². The molecule has 4 aliphatic rings. The zero-order valence-corrected chi connectivity index (χ0v) is 12.8. The Labute approximate surface area is 139 Å². The molecule has 0 saturated carbocycles. The average Bonchev–Trinajstić information content (AvgIpc) is 2.92. The molecule has 2 bridgehead atoms. The van der Waals surface area contributed by atoms with Gasteiger partial charge in [0, 0.05) is 15.7 Å². The molecule has 1 spiro atoms. The topological polar surface area (TPSA) is 62.2 Å². The number of likely N-dealkylation sites (N-methyl/N-ethyl adjacent to an activating group) is 1. The third-order valence-corrected chi connectivity index (χ3v) is 6.22. The Morgan fingerprint density at radius 3 is 3.13 bits per heavy atom. The van der Waals surface area contributed by atoms with Gasteiger partial charge < -0.3 is 19.7 Å². The molecule has 23 heavy (non-hydrogen) atoms. The van der Waals surface area contributed by atoms with E-state index in [1.807, 2.05) is 12.1 Å². The highest BCUT2D eigenvalue weighted by Gasteiger charge is 2.71. The lowest BCUT2D eigenvalue weighted by atomic mass is 9.50. The number of methoxy groups -OCH3 is 1. The van der Waals surface area contributed by atoms with E-state index in [2.05, 4.69) is 0 Å². The van der Waals surface area contributed by atoms with Gasteiger partial charge in [0.2, 0.25) is 0 Å². The third kappa shape index (κ3) is 1.32. The van der Waals surface area contributed by atoms with Crippen LogP contribution in [-0.2, 0) is 11.8 Å². The molecule has 5 rings (SSSR count). The lowest BCUT2D eigenvalue weighted by Gasteiger charge is -2.61. The van der Waals surface area contributed by atoms with Crippen LogP contribution in [0.1, 0.15) is 21.7 Å². The van der Waals surface area contributed by atoms with Gasteiger partial charge in [-0.3, -0.25) is 4.90 Å². The fraction of sp³-hybridized carbons (Fsp3) is 0.556. The molecular weight excluding hydrogens is 294 g/mol. The van der Waals surface area contributed by atoms with Crippen molar-refractivity contribution in [2.45, 2.75) is 42.1 Å². The van der Waals surface area contributed by atoms with E-state index in [1.165, 1.54) is 11.0 Å². The van der Waals surface area contributed by atoms with E-state index in [0.29, 0.717) is 30.9 Å². The van der Waals surface area contributed by atoms with Crippen LogP contribution in [0.15, 0.2) is 24.3 Å². The third-order valence-electron chi connectivity index (χ3n) is 6.22. The van der Waals surface area contributed by atoms with Crippen LogP contribution in [0, 0.1) is 0 Å². The van der Waals surface area contributed by atoms with Crippen molar-refractivity contribution in [2.75, 3.05) is 20.6 Å². The van der Waals surface area contributed by atoms with Crippen LogP contribution in [-0.4, -0.2) is 59.6 Å². The lowest BCUT2D eigenvalue weighted by Crippen LogP contribution is -2.75. The van der Waals surface area contributed by atoms with Crippen LogP contribution in [0.2, 0.25) is 0 Å². The van der Waals surface area contributed by atoms with E-state index in [-0.39, 0.29) is 0 Å². The molecule has 0 unspecified atom stereocenters. The number of likely N-dealkylation sites (tertiary alicyclic amines) is 1. The second kappa shape index (κ2) is 4.09. The number of hydrogen-bond acceptors (Lipinski definition) is 5. The highest BCUT2D eigenvalue weighted by atomic mass is 16.5. The maximum absolute atomic E-state index is 11.8. The molecule has 1 aromatic rings. The molecule has 2 aliphatic carbocycles. The summed E-state index contributed by atoms with van der Waals surface area (Å²) >= 11 is 0. The van der Waals surface area contributed by atoms with Crippen LogP contribution < -0.4 is 9.47 Å². The largest absolute Gasteiger partial charge is 0.493 e. The molecule has 5 heteroatoms. The average molecular weight is 318 g/mol. The molecule has 122 valence electrons. The van der Waals surface area contributed by atoms with E-state index in [0.717, 1.165) is 11.1 Å². The lowest BCUT2D eigenvalue weighted by molar-refractivity contribution is -0.151. The minimum atomic E-state index is -2.30. The van der Waals surface area contributed by atoms with Gasteiger partial charge in [-0.1, -0.05) is 18.2 Å². The monoisotopic (exact) mass is 318 g/mol. The van der Waals surface area contributed by atoms with Crippen molar-refractivity contribution in [1.29, 1.82) is 0 Å². The molecule has 2 N–H and O–H groups in total. The second-order valence-electron chi connectivity index (χ2n) is 6.98. The molecule has 1 saturated heterocycles. The van der Waals surface area contributed by atoms with Crippen molar-refractivity contribution in [3.8, 4) is 11.5 Å². The van der Waals surface area contributed by atoms with E-state index in [9.17, 15) is 10.2 Å². The molecule has 0 aromatic heterocycles. The Morgan fingerprint density at radius 1 is 1.48 bits per heavy atom. The first-order valence-corrected chi connectivity index (χ1v) is 7.97. The summed E-state index contributed by atoms with van der Waals surface area (Å²) in [5, 5.41) is 22.4. The zero-order chi connectivity index (χ0) is 18.5. The normalized spacial score (nSPS) is 45.5. The number of nitrogens with zero attached hydrogens (tertiary/aromatic N) is 1. The highest BCUT2D eigenvalue weighted by molar-refractivity contribution is 5.64. The number of ether oxygens (including phenoxy) is 2. The van der Waals surface area contributed by atoms with Gasteiger partial charge >= 0.3 is 0 Å². The molecule has 5 nitrogen and oxygen atoms in total. The van der Waals surface area contributed by atoms with E-state index >= 15 is 0 Å². The van der Waals surface area contributed by atoms with Gasteiger partial charge in [-0.05, 0) is 38.0 Å². The predicted octanol–water partition coefficient (Wildman–Crippen LogP) is 0.616. The number of benzene rings is 1. The predicted molar refractivity (Wildman–Crippen MR) is 83.9 cm³/mol. The van der Waals surface area contributed by atoms with E-state index in [4.69, 9.17) is 13.6 Å². The first kappa shape index (κ1) is 11.1. The number of aliphatic hydroxyl groups is 2. The van der Waals surface area contributed by atoms with Crippen LogP contribution in [0.4, 0.5) is 0 Å². The summed E-state index contributed by atoms with van der Waals surface area (Å²) in [5.41, 5.74) is -0.470. The minimum Gasteiger partial charge on any atom is -0.493 e. The molecule has 1 aromatic carbocycles. The van der Waals surface area contributed by atoms with Gasteiger partial charge in [0.05, 0.1) is 12.5 Å². The molecule has 0 amide bonds. The Balaban J connectivity index is 1.81. The van der Waals surface area contributed by atoms with Gasteiger partial charge in [-0.25, -0.2) is 0 Å². The first-order valence-electron chi connectivity index (χ1n) is 9.47. The minimum absolute atomic E-state index is 0.306. The number of piperidine rings is 1. The number of rotatable bonds is 1. The zero-order valence-electron chi connectivity index (χ0n) is 15.8. The highest BCUT2D eigenvalue weighted by Crippen LogP contribution is 2.63. The molecular formula is C18H21NO4. The standard InChI is InChI=1S/C18H21NO4/c1-19-8-7-17-14-10-3-4-12(22-2)15(14)23-16(17)11(20)5-6-18(17,21)13(19)9-10/h3-6,11,13,16,20-21H,7-9H2,1-2H3/t11-,13+,16-,17-,18+/m0/s1/i1D3. The summed E-state index contributed by atoms with van der Waals surface area (Å²) in [6.45, 7) is -1.99. The summed E-state index contributed by atoms with van der Waals surface area (Å²) in [4.78, 5) is 1.42. The van der Waals surface area contributed by atoms with Gasteiger partial charge in [0.25, 0.3) is 0 Å². The Bertz CT molecular complexity index is 825. The van der Waals surface area contributed by atoms with Crippen molar-refractivity contribution >= 4 is 0 Å². The van der Waals surface area contributed by atoms with Crippen molar-refractivity contribution in [2.24, 2.45) is 0 Å². The fourth-order valence-corrected chi connectivity index (χ4v) is 5.24. The van der Waals surface area contributed by atoms with Crippen molar-refractivity contribution in [1.82, 2.24) is 4.90 Å². The van der Waals surface area contributed by atoms with Gasteiger partial charge in [0.1, 0.15) is 17.8 Å². The number of aliphatic hydroxyl groups excluding tert-OH is 1. The molecule has 1 fully saturated rings. The molecule has 2 heterocycles. The van der Waals surface area contributed by atoms with Crippen LogP contribution in [0.25, 0.3) is 0 Å². The van der Waals surface area contributed by atoms with E-state index < -0.39 is 36.2 Å². The Hall–Kier alpha value is -1.56. The number of hydrogen-bond donors (Lipinski definition) is 2. The summed E-state index contributed by atoms with van der Waals surface area (Å²) in [6.07, 6.45) is 2.37. The van der Waals surface area contributed by atoms with Crippen molar-refractivity contribution in [3.05, 3.63) is 35.4 Å². The van der Waals surface area contributed by atoms with Crippen LogP contribution in [0.5, 0.6) is 11.5 Å². The Morgan fingerprint density at radius 2 is 2.35 bits per heavy atom. The maximum atomic E-state index is 11.8. The molecule has 0 radical (unpaired) electrons. The van der Waals surface area contributed by atoms with E-state index in [1.54, 1.807) is 13.2 Å². The summed E-state index contributed by atoms with van der Waals surface area (Å²) in [6, 6.07) is 3.12. The maximum Gasteiger partial charge on any atom is 0.166 e. The van der Waals surface area contributed by atoms with Crippen molar-refractivity contribution in [3.63, 3.8) is 0 Å². The summed E-state index contributed by atoms with van der Waals surface area (Å²) in [5.74, 6) is 1.13. The summed E-state index contributed by atoms with van der Waals surface area (Å²) in [7, 11) is 1.56. The smallest absolute Gasteiger partial charge is 0.166 e. The molecule has 5 atom stereocenters.